The molecule has 0 aliphatic rings. The first-order valence-corrected chi connectivity index (χ1v) is 4.87. The summed E-state index contributed by atoms with van der Waals surface area (Å²) in [6, 6.07) is 0. The number of esters is 1. The molecule has 0 heterocycles. The molecule has 0 fully saturated rings. The maximum Gasteiger partial charge on any atom is 0.320 e. The van der Waals surface area contributed by atoms with Crippen molar-refractivity contribution in [1.82, 2.24) is 0 Å². The van der Waals surface area contributed by atoms with Crippen LogP contribution in [0.25, 0.3) is 0 Å². The molecule has 0 aromatic heterocycles. The van der Waals surface area contributed by atoms with Crippen LogP contribution in [-0.4, -0.2) is 28.6 Å². The predicted octanol–water partition coefficient (Wildman–Crippen LogP) is 0.294. The highest BCUT2D eigenvalue weighted by Gasteiger charge is 2.31. The van der Waals surface area contributed by atoms with Crippen LogP contribution in [-0.2, 0) is 19.1 Å². The van der Waals surface area contributed by atoms with Gasteiger partial charge in [-0.05, 0) is 27.2 Å². The summed E-state index contributed by atoms with van der Waals surface area (Å²) in [6.45, 7) is 4.91. The van der Waals surface area contributed by atoms with Gasteiger partial charge in [-0.1, -0.05) is 0 Å². The molecule has 16 heavy (non-hydrogen) atoms. The molecule has 0 aliphatic carbocycles. The topological polar surface area (TPSA) is 107 Å². The molecule has 0 saturated carbocycles. The van der Waals surface area contributed by atoms with Crippen LogP contribution in [0.4, 0.5) is 0 Å². The summed E-state index contributed by atoms with van der Waals surface area (Å²) in [7, 11) is 0. The van der Waals surface area contributed by atoms with E-state index < -0.39 is 29.4 Å². The minimum Gasteiger partial charge on any atom is -0.481 e. The fourth-order valence-corrected chi connectivity index (χ4v) is 1.00. The number of aliphatic carboxylic acids is 1. The summed E-state index contributed by atoms with van der Waals surface area (Å²) in [5, 5.41) is 8.80. The van der Waals surface area contributed by atoms with Crippen molar-refractivity contribution in [2.24, 2.45) is 11.7 Å². The predicted molar refractivity (Wildman–Crippen MR) is 55.4 cm³/mol. The summed E-state index contributed by atoms with van der Waals surface area (Å²) in [5.41, 5.74) is 4.13. The number of ether oxygens (including phenoxy) is 1. The zero-order valence-electron chi connectivity index (χ0n) is 9.65. The van der Waals surface area contributed by atoms with E-state index in [1.807, 2.05) is 0 Å². The minimum atomic E-state index is -1.34. The van der Waals surface area contributed by atoms with Gasteiger partial charge >= 0.3 is 11.9 Å². The highest BCUT2D eigenvalue weighted by Crippen LogP contribution is 2.15. The van der Waals surface area contributed by atoms with Crippen LogP contribution >= 0.6 is 0 Å². The van der Waals surface area contributed by atoms with Crippen molar-refractivity contribution in [2.45, 2.75) is 39.2 Å². The average molecular weight is 231 g/mol. The van der Waals surface area contributed by atoms with Gasteiger partial charge in [0.2, 0.25) is 5.91 Å². The Morgan fingerprint density at radius 3 is 2.12 bits per heavy atom. The number of amides is 1. The third-order valence-corrected chi connectivity index (χ3v) is 1.67. The Morgan fingerprint density at radius 1 is 1.31 bits per heavy atom. The molecule has 0 aromatic carbocycles. The molecule has 0 unspecified atom stereocenters. The third kappa shape index (κ3) is 6.00. The Balaban J connectivity index is 4.48. The molecule has 3 N–H and O–H groups in total. The number of carboxylic acid groups (broad SMARTS) is 1. The molecule has 0 radical (unpaired) electrons. The fraction of sp³-hybridized carbons (Fsp3) is 0.700. The van der Waals surface area contributed by atoms with Crippen LogP contribution in [0.5, 0.6) is 0 Å². The first kappa shape index (κ1) is 14.4. The van der Waals surface area contributed by atoms with Crippen LogP contribution in [0.3, 0.4) is 0 Å². The number of carboxylic acids is 1. The van der Waals surface area contributed by atoms with Crippen LogP contribution in [0.1, 0.15) is 33.6 Å². The van der Waals surface area contributed by atoms with E-state index in [1.54, 1.807) is 20.8 Å². The van der Waals surface area contributed by atoms with Crippen molar-refractivity contribution in [3.63, 3.8) is 0 Å². The van der Waals surface area contributed by atoms with E-state index in [0.717, 1.165) is 0 Å². The zero-order valence-corrected chi connectivity index (χ0v) is 9.65. The maximum absolute atomic E-state index is 11.5. The number of carbonyl (C=O) groups is 3. The number of primary amides is 1. The van der Waals surface area contributed by atoms with Crippen LogP contribution < -0.4 is 5.73 Å². The second kappa shape index (κ2) is 5.48. The van der Waals surface area contributed by atoms with Crippen molar-refractivity contribution in [3.05, 3.63) is 0 Å². The number of carbonyl (C=O) groups excluding carboxylic acids is 2. The molecule has 92 valence electrons. The molecular formula is C10H17NO5. The van der Waals surface area contributed by atoms with Crippen molar-refractivity contribution >= 4 is 17.8 Å². The fourth-order valence-electron chi connectivity index (χ4n) is 1.00. The van der Waals surface area contributed by atoms with Gasteiger partial charge in [-0.3, -0.25) is 14.4 Å². The van der Waals surface area contributed by atoms with E-state index in [-0.39, 0.29) is 12.8 Å². The van der Waals surface area contributed by atoms with E-state index in [9.17, 15) is 14.4 Å². The van der Waals surface area contributed by atoms with Gasteiger partial charge in [-0.2, -0.15) is 0 Å². The second-order valence-electron chi connectivity index (χ2n) is 4.43. The summed E-state index contributed by atoms with van der Waals surface area (Å²) in [4.78, 5) is 32.8. The quantitative estimate of drug-likeness (QED) is 0.522. The maximum atomic E-state index is 11.5. The molecule has 0 saturated heterocycles. The van der Waals surface area contributed by atoms with E-state index in [4.69, 9.17) is 15.6 Å². The van der Waals surface area contributed by atoms with Gasteiger partial charge in [0.15, 0.2) is 5.92 Å². The Labute approximate surface area is 93.8 Å². The summed E-state index contributed by atoms with van der Waals surface area (Å²) < 4.78 is 4.92. The van der Waals surface area contributed by atoms with Gasteiger partial charge in [0.1, 0.15) is 5.60 Å². The van der Waals surface area contributed by atoms with Crippen LogP contribution in [0, 0.1) is 5.92 Å². The highest BCUT2D eigenvalue weighted by molar-refractivity contribution is 5.94. The van der Waals surface area contributed by atoms with Crippen molar-refractivity contribution in [2.75, 3.05) is 0 Å². The summed E-state index contributed by atoms with van der Waals surface area (Å²) in [6.07, 6.45) is -0.296. The lowest BCUT2D eigenvalue weighted by molar-refractivity contribution is -0.167. The average Bonchev–Trinajstić information content (AvgIpc) is 1.98. The molecule has 1 atom stereocenters. The largest absolute Gasteiger partial charge is 0.481 e. The molecule has 0 spiro atoms. The lowest BCUT2D eigenvalue weighted by Crippen LogP contribution is -2.33. The van der Waals surface area contributed by atoms with Gasteiger partial charge < -0.3 is 15.6 Å². The molecule has 6 nitrogen and oxygen atoms in total. The highest BCUT2D eigenvalue weighted by atomic mass is 16.6. The lowest BCUT2D eigenvalue weighted by atomic mass is 10.0. The summed E-state index contributed by atoms with van der Waals surface area (Å²) in [5.74, 6) is -4.14. The smallest absolute Gasteiger partial charge is 0.320 e. The van der Waals surface area contributed by atoms with Crippen molar-refractivity contribution in [3.8, 4) is 0 Å². The molecule has 0 aromatic rings. The molecular weight excluding hydrogens is 214 g/mol. The van der Waals surface area contributed by atoms with Gasteiger partial charge in [0.05, 0.1) is 0 Å². The van der Waals surface area contributed by atoms with Gasteiger partial charge in [-0.25, -0.2) is 0 Å². The monoisotopic (exact) mass is 231 g/mol. The van der Waals surface area contributed by atoms with E-state index in [1.165, 1.54) is 0 Å². The Kier molecular flexibility index (Phi) is 4.94. The SMILES string of the molecule is CC(C)(C)OC(=O)[C@@H](CCC(N)=O)C(=O)O. The van der Waals surface area contributed by atoms with Crippen LogP contribution in [0.2, 0.25) is 0 Å². The Hall–Kier alpha value is -1.59. The van der Waals surface area contributed by atoms with Gasteiger partial charge in [-0.15, -0.1) is 0 Å². The van der Waals surface area contributed by atoms with E-state index in [0.29, 0.717) is 0 Å². The lowest BCUT2D eigenvalue weighted by Gasteiger charge is -2.22. The standard InChI is InChI=1S/C10H17NO5/c1-10(2,3)16-9(15)6(8(13)14)4-5-7(11)12/h6H,4-5H2,1-3H3,(H2,11,12)(H,13,14)/t6-/m0/s1. The molecule has 0 bridgehead atoms. The van der Waals surface area contributed by atoms with E-state index >= 15 is 0 Å². The number of rotatable bonds is 5. The number of hydrogen-bond acceptors (Lipinski definition) is 4. The van der Waals surface area contributed by atoms with Crippen molar-refractivity contribution in [1.29, 1.82) is 0 Å². The van der Waals surface area contributed by atoms with Crippen molar-refractivity contribution < 1.29 is 24.2 Å². The minimum absolute atomic E-state index is 0.139. The first-order valence-electron chi connectivity index (χ1n) is 4.87. The summed E-state index contributed by atoms with van der Waals surface area (Å²) >= 11 is 0. The second-order valence-corrected chi connectivity index (χ2v) is 4.43. The Morgan fingerprint density at radius 2 is 1.81 bits per heavy atom. The zero-order chi connectivity index (χ0) is 12.9. The molecule has 0 rings (SSSR count). The number of nitrogens with two attached hydrogens (primary N) is 1. The number of hydrogen-bond donors (Lipinski definition) is 2. The third-order valence-electron chi connectivity index (χ3n) is 1.67. The first-order chi connectivity index (χ1) is 7.13. The van der Waals surface area contributed by atoms with Gasteiger partial charge in [0.25, 0.3) is 0 Å². The van der Waals surface area contributed by atoms with Gasteiger partial charge in [0, 0.05) is 6.42 Å². The molecule has 1 amide bonds. The molecule has 0 aliphatic heterocycles. The van der Waals surface area contributed by atoms with Crippen LogP contribution in [0.15, 0.2) is 0 Å². The Bertz CT molecular complexity index is 292. The van der Waals surface area contributed by atoms with E-state index in [2.05, 4.69) is 0 Å². The molecule has 6 heteroatoms. The normalized spacial score (nSPS) is 12.9.